The second kappa shape index (κ2) is 7.11. The van der Waals surface area contributed by atoms with Crippen LogP contribution in [0.3, 0.4) is 0 Å². The Morgan fingerprint density at radius 1 is 1.38 bits per heavy atom. The normalized spacial score (nSPS) is 11.5. The van der Waals surface area contributed by atoms with Gasteiger partial charge in [0.15, 0.2) is 6.61 Å². The number of rotatable bonds is 7. The van der Waals surface area contributed by atoms with Crippen molar-refractivity contribution >= 4 is 11.4 Å². The summed E-state index contributed by atoms with van der Waals surface area (Å²) in [6.45, 7) is -0.413. The Balaban J connectivity index is 2.82. The molecule has 0 heterocycles. The third-order valence-corrected chi connectivity index (χ3v) is 2.44. The summed E-state index contributed by atoms with van der Waals surface area (Å²) in [4.78, 5) is 12.1. The lowest BCUT2D eigenvalue weighted by molar-refractivity contribution is -0.384. The van der Waals surface area contributed by atoms with Crippen molar-refractivity contribution in [1.29, 1.82) is 0 Å². The van der Waals surface area contributed by atoms with Gasteiger partial charge in [-0.1, -0.05) is 0 Å². The van der Waals surface area contributed by atoms with Crippen molar-refractivity contribution in [2.45, 2.75) is 6.18 Å². The van der Waals surface area contributed by atoms with Crippen LogP contribution >= 0.6 is 0 Å². The van der Waals surface area contributed by atoms with Gasteiger partial charge in [0, 0.05) is 25.2 Å². The highest BCUT2D eigenvalue weighted by molar-refractivity contribution is 5.64. The predicted molar refractivity (Wildman–Crippen MR) is 71.7 cm³/mol. The monoisotopic (exact) mass is 307 g/mol. The maximum absolute atomic E-state index is 12.1. The van der Waals surface area contributed by atoms with Crippen LogP contribution in [0.1, 0.15) is 0 Å². The first-order chi connectivity index (χ1) is 9.69. The maximum Gasteiger partial charge on any atom is 0.422 e. The highest BCUT2D eigenvalue weighted by atomic mass is 19.4. The van der Waals surface area contributed by atoms with Crippen LogP contribution in [0.15, 0.2) is 18.2 Å². The quantitative estimate of drug-likeness (QED) is 0.619. The molecular weight excluding hydrogens is 291 g/mol. The Hall–Kier alpha value is -2.03. The number of nitrogens with zero attached hydrogens (tertiary/aromatic N) is 2. The van der Waals surface area contributed by atoms with E-state index in [1.54, 1.807) is 0 Å². The summed E-state index contributed by atoms with van der Waals surface area (Å²) in [6, 6.07) is 3.45. The largest absolute Gasteiger partial charge is 0.484 e. The number of hydrogen-bond acceptors (Lipinski definition) is 5. The number of nitro benzene ring substituents is 1. The van der Waals surface area contributed by atoms with E-state index in [1.807, 2.05) is 19.0 Å². The van der Waals surface area contributed by atoms with E-state index in [2.05, 4.69) is 10.1 Å². The number of likely N-dealkylation sites (N-methyl/N-ethyl adjacent to an activating group) is 1. The molecule has 0 radical (unpaired) electrons. The standard InChI is InChI=1S/C12H16F3N3O3/c1-17(2)6-5-16-10-7-9(21-8-12(13,14)15)3-4-11(10)18(19)20/h3-4,7,16H,5-6,8H2,1-2H3. The van der Waals surface area contributed by atoms with Crippen LogP contribution in [0.4, 0.5) is 24.5 Å². The molecule has 0 aromatic heterocycles. The Morgan fingerprint density at radius 3 is 2.57 bits per heavy atom. The molecule has 1 aromatic rings. The molecular formula is C12H16F3N3O3. The van der Waals surface area contributed by atoms with Crippen LogP contribution in [-0.4, -0.2) is 49.8 Å². The summed E-state index contributed by atoms with van der Waals surface area (Å²) >= 11 is 0. The molecule has 1 aromatic carbocycles. The molecule has 6 nitrogen and oxygen atoms in total. The first kappa shape index (κ1) is 17.0. The van der Waals surface area contributed by atoms with Crippen molar-refractivity contribution in [2.24, 2.45) is 0 Å². The van der Waals surface area contributed by atoms with Gasteiger partial charge in [0.2, 0.25) is 0 Å². The molecule has 0 saturated heterocycles. The summed E-state index contributed by atoms with van der Waals surface area (Å²) in [6.07, 6.45) is -4.46. The predicted octanol–water partition coefficient (Wildman–Crippen LogP) is 2.51. The Morgan fingerprint density at radius 2 is 2.05 bits per heavy atom. The van der Waals surface area contributed by atoms with Crippen molar-refractivity contribution in [3.05, 3.63) is 28.3 Å². The van der Waals surface area contributed by atoms with Gasteiger partial charge in [0.25, 0.3) is 5.69 Å². The molecule has 21 heavy (non-hydrogen) atoms. The van der Waals surface area contributed by atoms with E-state index < -0.39 is 17.7 Å². The molecule has 0 atom stereocenters. The van der Waals surface area contributed by atoms with Crippen molar-refractivity contribution in [3.63, 3.8) is 0 Å². The summed E-state index contributed by atoms with van der Waals surface area (Å²) in [7, 11) is 3.66. The van der Waals surface area contributed by atoms with Crippen molar-refractivity contribution in [2.75, 3.05) is 39.1 Å². The fourth-order valence-electron chi connectivity index (χ4n) is 1.49. The Labute approximate surface area is 119 Å². The highest BCUT2D eigenvalue weighted by Crippen LogP contribution is 2.29. The summed E-state index contributed by atoms with van der Waals surface area (Å²) in [5, 5.41) is 13.7. The Kier molecular flexibility index (Phi) is 5.77. The molecule has 0 spiro atoms. The molecule has 9 heteroatoms. The van der Waals surface area contributed by atoms with Gasteiger partial charge in [-0.3, -0.25) is 10.1 Å². The molecule has 1 N–H and O–H groups in total. The van der Waals surface area contributed by atoms with Gasteiger partial charge in [-0.05, 0) is 20.2 Å². The number of benzene rings is 1. The molecule has 0 aliphatic heterocycles. The van der Waals surface area contributed by atoms with Crippen molar-refractivity contribution in [3.8, 4) is 5.75 Å². The fraction of sp³-hybridized carbons (Fsp3) is 0.500. The number of alkyl halides is 3. The second-order valence-corrected chi connectivity index (χ2v) is 4.57. The zero-order valence-electron chi connectivity index (χ0n) is 11.6. The van der Waals surface area contributed by atoms with Gasteiger partial charge in [0.05, 0.1) is 4.92 Å². The number of ether oxygens (including phenoxy) is 1. The van der Waals surface area contributed by atoms with E-state index in [4.69, 9.17) is 0 Å². The Bertz CT molecular complexity index is 492. The molecule has 0 aliphatic rings. The number of anilines is 1. The zero-order chi connectivity index (χ0) is 16.0. The van der Waals surface area contributed by atoms with Gasteiger partial charge < -0.3 is 15.0 Å². The number of halogens is 3. The highest BCUT2D eigenvalue weighted by Gasteiger charge is 2.28. The van der Waals surface area contributed by atoms with E-state index in [1.165, 1.54) is 6.07 Å². The first-order valence-corrected chi connectivity index (χ1v) is 6.05. The minimum Gasteiger partial charge on any atom is -0.484 e. The fourth-order valence-corrected chi connectivity index (χ4v) is 1.49. The number of nitro groups is 1. The van der Waals surface area contributed by atoms with Crippen LogP contribution in [0, 0.1) is 10.1 Å². The van der Waals surface area contributed by atoms with Crippen LogP contribution in [0.5, 0.6) is 5.75 Å². The molecule has 1 rings (SSSR count). The average Bonchev–Trinajstić information content (AvgIpc) is 2.35. The smallest absolute Gasteiger partial charge is 0.422 e. The minimum absolute atomic E-state index is 0.0784. The first-order valence-electron chi connectivity index (χ1n) is 6.05. The maximum atomic E-state index is 12.1. The van der Waals surface area contributed by atoms with Crippen molar-refractivity contribution < 1.29 is 22.8 Å². The molecule has 0 bridgehead atoms. The van der Waals surface area contributed by atoms with Crippen LogP contribution in [0.2, 0.25) is 0 Å². The van der Waals surface area contributed by atoms with Gasteiger partial charge in [-0.15, -0.1) is 0 Å². The van der Waals surface area contributed by atoms with Crippen LogP contribution in [0.25, 0.3) is 0 Å². The molecule has 0 unspecified atom stereocenters. The topological polar surface area (TPSA) is 67.6 Å². The molecule has 0 fully saturated rings. The number of hydrogen-bond donors (Lipinski definition) is 1. The third kappa shape index (κ3) is 6.30. The van der Waals surface area contributed by atoms with Gasteiger partial charge in [0.1, 0.15) is 11.4 Å². The van der Waals surface area contributed by atoms with E-state index in [0.717, 1.165) is 12.1 Å². The average molecular weight is 307 g/mol. The third-order valence-electron chi connectivity index (χ3n) is 2.44. The van der Waals surface area contributed by atoms with Gasteiger partial charge in [-0.2, -0.15) is 13.2 Å². The number of nitrogens with one attached hydrogen (secondary N) is 1. The lowest BCUT2D eigenvalue weighted by Gasteiger charge is -2.13. The lowest BCUT2D eigenvalue weighted by Crippen LogP contribution is -2.21. The minimum atomic E-state index is -4.46. The van der Waals surface area contributed by atoms with E-state index in [9.17, 15) is 23.3 Å². The molecule has 0 saturated carbocycles. The van der Waals surface area contributed by atoms with E-state index in [-0.39, 0.29) is 17.1 Å². The lowest BCUT2D eigenvalue weighted by atomic mass is 10.2. The molecule has 0 amide bonds. The second-order valence-electron chi connectivity index (χ2n) is 4.57. The zero-order valence-corrected chi connectivity index (χ0v) is 11.6. The molecule has 0 aliphatic carbocycles. The van der Waals surface area contributed by atoms with Crippen molar-refractivity contribution in [1.82, 2.24) is 4.90 Å². The SMILES string of the molecule is CN(C)CCNc1cc(OCC(F)(F)F)ccc1[N+](=O)[O-]. The van der Waals surface area contributed by atoms with Gasteiger partial charge >= 0.3 is 6.18 Å². The van der Waals surface area contributed by atoms with E-state index in [0.29, 0.717) is 13.1 Å². The van der Waals surface area contributed by atoms with Crippen LogP contribution < -0.4 is 10.1 Å². The van der Waals surface area contributed by atoms with Crippen LogP contribution in [-0.2, 0) is 0 Å². The summed E-state index contributed by atoms with van der Waals surface area (Å²) in [5.74, 6) is -0.0784. The molecule has 118 valence electrons. The summed E-state index contributed by atoms with van der Waals surface area (Å²) in [5.41, 5.74) is -0.0883. The van der Waals surface area contributed by atoms with E-state index >= 15 is 0 Å². The summed E-state index contributed by atoms with van der Waals surface area (Å²) < 4.78 is 40.8. The van der Waals surface area contributed by atoms with Gasteiger partial charge in [-0.25, -0.2) is 0 Å².